The number of aryl methyl sites for hydroxylation is 1. The second kappa shape index (κ2) is 13.3. The lowest BCUT2D eigenvalue weighted by Crippen LogP contribution is -2.51. The lowest BCUT2D eigenvalue weighted by atomic mass is 10.1. The fourth-order valence-electron chi connectivity index (χ4n) is 3.95. The molecule has 0 saturated carbocycles. The van der Waals surface area contributed by atoms with Crippen LogP contribution in [0.25, 0.3) is 0 Å². The number of anilines is 1. The number of nitrogens with one attached hydrogen (secondary N) is 1. The fourth-order valence-corrected chi connectivity index (χ4v) is 5.82. The van der Waals surface area contributed by atoms with Crippen molar-refractivity contribution in [1.29, 1.82) is 0 Å². The second-order valence-corrected chi connectivity index (χ2v) is 12.5. The first-order valence-electron chi connectivity index (χ1n) is 12.6. The van der Waals surface area contributed by atoms with Crippen LogP contribution in [-0.2, 0) is 26.2 Å². The van der Waals surface area contributed by atoms with Gasteiger partial charge in [-0.1, -0.05) is 73.4 Å². The summed E-state index contributed by atoms with van der Waals surface area (Å²) in [7, 11) is -4.16. The molecule has 0 aromatic heterocycles. The fraction of sp³-hybridized carbons (Fsp3) is 0.310. The molecule has 0 unspecified atom stereocenters. The number of hydrogen-bond acceptors (Lipinski definition) is 4. The summed E-state index contributed by atoms with van der Waals surface area (Å²) in [5.41, 5.74) is 1.60. The highest BCUT2D eigenvalue weighted by atomic mass is 35.5. The molecular formula is C29H33Cl2N3O4S. The molecule has 0 heterocycles. The number of amides is 2. The van der Waals surface area contributed by atoms with Gasteiger partial charge in [-0.25, -0.2) is 8.42 Å². The molecule has 1 atom stereocenters. The maximum absolute atomic E-state index is 13.9. The molecule has 3 aromatic rings. The maximum atomic E-state index is 13.9. The molecule has 0 spiro atoms. The molecule has 2 amide bonds. The van der Waals surface area contributed by atoms with E-state index in [2.05, 4.69) is 5.32 Å². The van der Waals surface area contributed by atoms with E-state index in [0.29, 0.717) is 27.7 Å². The molecular weight excluding hydrogens is 557 g/mol. The topological polar surface area (TPSA) is 86.8 Å². The standard InChI is InChI=1S/C29H33Cl2N3O4S/c1-20(2)17-32-29(36)22(4)33(18-23-9-8-10-24(30)15-23)28(35)19-34(27-16-25(31)14-13-21(27)3)39(37,38)26-11-6-5-7-12-26/h5-16,20,22H,17-19H2,1-4H3,(H,32,36)/t22-/m0/s1. The zero-order valence-electron chi connectivity index (χ0n) is 22.4. The summed E-state index contributed by atoms with van der Waals surface area (Å²) >= 11 is 12.4. The van der Waals surface area contributed by atoms with Crippen LogP contribution in [0.15, 0.2) is 77.7 Å². The lowest BCUT2D eigenvalue weighted by molar-refractivity contribution is -0.139. The minimum Gasteiger partial charge on any atom is -0.354 e. The Morgan fingerprint density at radius 2 is 1.56 bits per heavy atom. The van der Waals surface area contributed by atoms with Crippen LogP contribution in [0.5, 0.6) is 0 Å². The highest BCUT2D eigenvalue weighted by molar-refractivity contribution is 7.92. The Kier molecular flexibility index (Phi) is 10.4. The van der Waals surface area contributed by atoms with E-state index >= 15 is 0 Å². The summed E-state index contributed by atoms with van der Waals surface area (Å²) in [6.07, 6.45) is 0. The average molecular weight is 591 g/mol. The number of sulfonamides is 1. The van der Waals surface area contributed by atoms with Gasteiger partial charge in [0.15, 0.2) is 0 Å². The molecule has 10 heteroatoms. The number of hydrogen-bond donors (Lipinski definition) is 1. The monoisotopic (exact) mass is 589 g/mol. The molecule has 0 bridgehead atoms. The van der Waals surface area contributed by atoms with Gasteiger partial charge >= 0.3 is 0 Å². The summed E-state index contributed by atoms with van der Waals surface area (Å²) in [6.45, 7) is 7.27. The number of benzene rings is 3. The van der Waals surface area contributed by atoms with Crippen LogP contribution in [0.1, 0.15) is 31.9 Å². The van der Waals surface area contributed by atoms with Crippen LogP contribution in [0.4, 0.5) is 5.69 Å². The van der Waals surface area contributed by atoms with Crippen molar-refractivity contribution in [2.24, 2.45) is 5.92 Å². The van der Waals surface area contributed by atoms with Gasteiger partial charge in [-0.2, -0.15) is 0 Å². The van der Waals surface area contributed by atoms with Crippen molar-refractivity contribution in [3.63, 3.8) is 0 Å². The Morgan fingerprint density at radius 1 is 0.897 bits per heavy atom. The van der Waals surface area contributed by atoms with Gasteiger partial charge in [0, 0.05) is 23.1 Å². The van der Waals surface area contributed by atoms with E-state index in [1.165, 1.54) is 23.1 Å². The largest absolute Gasteiger partial charge is 0.354 e. The average Bonchev–Trinajstić information content (AvgIpc) is 2.90. The first-order chi connectivity index (χ1) is 18.4. The maximum Gasteiger partial charge on any atom is 0.264 e. The zero-order valence-corrected chi connectivity index (χ0v) is 24.7. The van der Waals surface area contributed by atoms with Gasteiger partial charge in [-0.15, -0.1) is 0 Å². The Balaban J connectivity index is 2.04. The van der Waals surface area contributed by atoms with Crippen LogP contribution < -0.4 is 9.62 Å². The van der Waals surface area contributed by atoms with Crippen molar-refractivity contribution in [2.75, 3.05) is 17.4 Å². The predicted octanol–water partition coefficient (Wildman–Crippen LogP) is 5.69. The molecule has 7 nitrogen and oxygen atoms in total. The van der Waals surface area contributed by atoms with E-state index in [4.69, 9.17) is 23.2 Å². The van der Waals surface area contributed by atoms with Crippen molar-refractivity contribution in [3.8, 4) is 0 Å². The first kappa shape index (κ1) is 30.5. The Bertz CT molecular complexity index is 1420. The summed E-state index contributed by atoms with van der Waals surface area (Å²) < 4.78 is 28.8. The van der Waals surface area contributed by atoms with Crippen molar-refractivity contribution < 1.29 is 18.0 Å². The lowest BCUT2D eigenvalue weighted by Gasteiger charge is -2.32. The van der Waals surface area contributed by atoms with E-state index < -0.39 is 28.5 Å². The summed E-state index contributed by atoms with van der Waals surface area (Å²) in [6, 6.07) is 18.8. The first-order valence-corrected chi connectivity index (χ1v) is 14.7. The van der Waals surface area contributed by atoms with Crippen LogP contribution >= 0.6 is 23.2 Å². The molecule has 3 rings (SSSR count). The minimum atomic E-state index is -4.16. The van der Waals surface area contributed by atoms with Gasteiger partial charge in [-0.3, -0.25) is 13.9 Å². The van der Waals surface area contributed by atoms with Crippen LogP contribution in [0, 0.1) is 12.8 Å². The smallest absolute Gasteiger partial charge is 0.264 e. The summed E-state index contributed by atoms with van der Waals surface area (Å²) in [5, 5.41) is 3.68. The molecule has 3 aromatic carbocycles. The molecule has 1 N–H and O–H groups in total. The van der Waals surface area contributed by atoms with E-state index in [9.17, 15) is 18.0 Å². The van der Waals surface area contributed by atoms with Gasteiger partial charge in [0.05, 0.1) is 10.6 Å². The van der Waals surface area contributed by atoms with Crippen LogP contribution in [-0.4, -0.2) is 44.3 Å². The van der Waals surface area contributed by atoms with Gasteiger partial charge in [-0.05, 0) is 67.3 Å². The van der Waals surface area contributed by atoms with Gasteiger partial charge < -0.3 is 10.2 Å². The molecule has 0 fully saturated rings. The quantitative estimate of drug-likeness (QED) is 0.311. The number of carbonyl (C=O) groups is 2. The van der Waals surface area contributed by atoms with E-state index in [-0.39, 0.29) is 29.0 Å². The van der Waals surface area contributed by atoms with Crippen LogP contribution in [0.3, 0.4) is 0 Å². The van der Waals surface area contributed by atoms with E-state index in [1.807, 2.05) is 13.8 Å². The van der Waals surface area contributed by atoms with Gasteiger partial charge in [0.25, 0.3) is 10.0 Å². The third-order valence-corrected chi connectivity index (χ3v) is 8.39. The summed E-state index contributed by atoms with van der Waals surface area (Å²) in [5.74, 6) is -0.674. The third-order valence-electron chi connectivity index (χ3n) is 6.14. The molecule has 0 aliphatic heterocycles. The van der Waals surface area contributed by atoms with Crippen molar-refractivity contribution >= 4 is 50.7 Å². The van der Waals surface area contributed by atoms with Crippen molar-refractivity contribution in [1.82, 2.24) is 10.2 Å². The van der Waals surface area contributed by atoms with E-state index in [1.54, 1.807) is 68.4 Å². The van der Waals surface area contributed by atoms with E-state index in [0.717, 1.165) is 4.31 Å². The van der Waals surface area contributed by atoms with Gasteiger partial charge in [0.1, 0.15) is 12.6 Å². The summed E-state index contributed by atoms with van der Waals surface area (Å²) in [4.78, 5) is 28.4. The highest BCUT2D eigenvalue weighted by Crippen LogP contribution is 2.30. The third kappa shape index (κ3) is 7.97. The highest BCUT2D eigenvalue weighted by Gasteiger charge is 2.33. The molecule has 0 aliphatic carbocycles. The number of rotatable bonds is 11. The molecule has 0 radical (unpaired) electrons. The number of nitrogens with zero attached hydrogens (tertiary/aromatic N) is 2. The van der Waals surface area contributed by atoms with Crippen molar-refractivity contribution in [2.45, 2.75) is 45.2 Å². The SMILES string of the molecule is Cc1ccc(Cl)cc1N(CC(=O)N(Cc1cccc(Cl)c1)[C@@H](C)C(=O)NCC(C)C)S(=O)(=O)c1ccccc1. The van der Waals surface area contributed by atoms with Crippen LogP contribution in [0.2, 0.25) is 10.0 Å². The molecule has 208 valence electrons. The molecule has 0 aliphatic rings. The Hall–Kier alpha value is -3.07. The molecule has 39 heavy (non-hydrogen) atoms. The Labute approximate surface area is 240 Å². The normalized spacial score (nSPS) is 12.2. The predicted molar refractivity (Wildman–Crippen MR) is 156 cm³/mol. The second-order valence-electron chi connectivity index (χ2n) is 9.72. The van der Waals surface area contributed by atoms with Gasteiger partial charge in [0.2, 0.25) is 11.8 Å². The minimum absolute atomic E-state index is 0.0290. The number of halogens is 2. The zero-order chi connectivity index (χ0) is 28.7. The Morgan fingerprint density at radius 3 is 2.21 bits per heavy atom. The van der Waals surface area contributed by atoms with Crippen molar-refractivity contribution in [3.05, 3.63) is 94.0 Å². The molecule has 0 saturated heterocycles. The number of carbonyl (C=O) groups excluding carboxylic acids is 2.